The quantitative estimate of drug-likeness (QED) is 0.551. The van der Waals surface area contributed by atoms with Crippen LogP contribution in [0.2, 0.25) is 0 Å². The second kappa shape index (κ2) is 5.24. The summed E-state index contributed by atoms with van der Waals surface area (Å²) in [5, 5.41) is 0. The Morgan fingerprint density at radius 3 is 1.55 bits per heavy atom. The maximum absolute atomic E-state index is 12.8. The minimum absolute atomic E-state index is 0.341. The third kappa shape index (κ3) is 3.90. The SMILES string of the molecule is CS(=O)(=O)OCCC(F)(F)C(F)(F)C(F)(F)C(F)(F)F. The van der Waals surface area contributed by atoms with Crippen molar-refractivity contribution in [3.8, 4) is 0 Å². The molecule has 0 atom stereocenters. The molecule has 0 radical (unpaired) electrons. The summed E-state index contributed by atoms with van der Waals surface area (Å²) in [4.78, 5) is 0. The lowest BCUT2D eigenvalue weighted by Crippen LogP contribution is -2.61. The largest absolute Gasteiger partial charge is 0.460 e. The molecular weight excluding hydrogens is 335 g/mol. The van der Waals surface area contributed by atoms with E-state index >= 15 is 0 Å². The molecule has 0 amide bonds. The second-order valence-electron chi connectivity index (χ2n) is 3.63. The van der Waals surface area contributed by atoms with Crippen LogP contribution >= 0.6 is 0 Å². The van der Waals surface area contributed by atoms with Crippen molar-refractivity contribution in [2.45, 2.75) is 30.4 Å². The Labute approximate surface area is 106 Å². The lowest BCUT2D eigenvalue weighted by Gasteiger charge is -2.33. The van der Waals surface area contributed by atoms with Crippen LogP contribution < -0.4 is 0 Å². The van der Waals surface area contributed by atoms with Gasteiger partial charge in [0, 0.05) is 6.42 Å². The monoisotopic (exact) mass is 342 g/mol. The molecule has 0 bridgehead atoms. The number of hydrogen-bond acceptors (Lipinski definition) is 3. The fourth-order valence-corrected chi connectivity index (χ4v) is 1.27. The zero-order valence-electron chi connectivity index (χ0n) is 9.45. The lowest BCUT2D eigenvalue weighted by atomic mass is 10.0. The lowest BCUT2D eigenvalue weighted by molar-refractivity contribution is -0.397. The molecule has 0 aromatic carbocycles. The summed E-state index contributed by atoms with van der Waals surface area (Å²) in [6.45, 7) is -1.69. The van der Waals surface area contributed by atoms with Crippen molar-refractivity contribution < 1.29 is 52.1 Å². The van der Waals surface area contributed by atoms with E-state index in [2.05, 4.69) is 4.18 Å². The maximum Gasteiger partial charge on any atom is 0.460 e. The van der Waals surface area contributed by atoms with Crippen LogP contribution in [0.1, 0.15) is 6.42 Å². The minimum atomic E-state index is -6.99. The summed E-state index contributed by atoms with van der Waals surface area (Å²) in [5.74, 6) is -19.6. The molecule has 0 rings (SSSR count). The molecule has 0 heterocycles. The number of rotatable bonds is 6. The highest BCUT2D eigenvalue weighted by Crippen LogP contribution is 2.53. The Morgan fingerprint density at radius 2 is 1.25 bits per heavy atom. The van der Waals surface area contributed by atoms with Crippen LogP contribution in [0.3, 0.4) is 0 Å². The Kier molecular flexibility index (Phi) is 5.05. The molecule has 0 unspecified atom stereocenters. The molecule has 0 aromatic rings. The first-order chi connectivity index (χ1) is 8.46. The first kappa shape index (κ1) is 19.3. The van der Waals surface area contributed by atoms with E-state index in [1.54, 1.807) is 0 Å². The first-order valence-corrected chi connectivity index (χ1v) is 6.32. The van der Waals surface area contributed by atoms with Gasteiger partial charge in [0.1, 0.15) is 0 Å². The zero-order valence-corrected chi connectivity index (χ0v) is 10.3. The molecule has 3 nitrogen and oxygen atoms in total. The van der Waals surface area contributed by atoms with E-state index in [0.717, 1.165) is 0 Å². The van der Waals surface area contributed by atoms with Gasteiger partial charge in [0.05, 0.1) is 12.9 Å². The van der Waals surface area contributed by atoms with Crippen molar-refractivity contribution >= 4 is 10.1 Å². The average molecular weight is 342 g/mol. The van der Waals surface area contributed by atoms with Gasteiger partial charge in [-0.25, -0.2) is 0 Å². The summed E-state index contributed by atoms with van der Waals surface area (Å²) in [7, 11) is -4.34. The van der Waals surface area contributed by atoms with Gasteiger partial charge >= 0.3 is 23.9 Å². The van der Waals surface area contributed by atoms with Gasteiger partial charge in [-0.05, 0) is 0 Å². The van der Waals surface area contributed by atoms with Crippen LogP contribution in [0.4, 0.5) is 39.5 Å². The zero-order chi connectivity index (χ0) is 16.6. The molecule has 122 valence electrons. The van der Waals surface area contributed by atoms with E-state index in [1.807, 2.05) is 0 Å². The predicted octanol–water partition coefficient (Wildman–Crippen LogP) is 2.82. The van der Waals surface area contributed by atoms with Crippen LogP contribution in [0, 0.1) is 0 Å². The summed E-state index contributed by atoms with van der Waals surface area (Å²) < 4.78 is 135. The van der Waals surface area contributed by atoms with E-state index in [1.165, 1.54) is 0 Å². The second-order valence-corrected chi connectivity index (χ2v) is 5.27. The maximum atomic E-state index is 12.8. The van der Waals surface area contributed by atoms with Gasteiger partial charge in [-0.1, -0.05) is 0 Å². The van der Waals surface area contributed by atoms with Crippen LogP contribution in [-0.4, -0.2) is 45.2 Å². The minimum Gasteiger partial charge on any atom is -0.270 e. The fourth-order valence-electron chi connectivity index (χ4n) is 0.886. The molecule has 0 saturated carbocycles. The molecule has 0 fully saturated rings. The van der Waals surface area contributed by atoms with Crippen molar-refractivity contribution in [1.29, 1.82) is 0 Å². The predicted molar refractivity (Wildman–Crippen MR) is 46.3 cm³/mol. The van der Waals surface area contributed by atoms with Crippen LogP contribution in [0.25, 0.3) is 0 Å². The van der Waals surface area contributed by atoms with Gasteiger partial charge in [0.25, 0.3) is 10.1 Å². The number of halogens is 9. The smallest absolute Gasteiger partial charge is 0.270 e. The van der Waals surface area contributed by atoms with Gasteiger partial charge in [0.15, 0.2) is 0 Å². The molecule has 13 heteroatoms. The van der Waals surface area contributed by atoms with Crippen molar-refractivity contribution in [2.75, 3.05) is 12.9 Å². The summed E-state index contributed by atoms with van der Waals surface area (Å²) in [6.07, 6.45) is -8.91. The van der Waals surface area contributed by atoms with Crippen molar-refractivity contribution in [2.24, 2.45) is 0 Å². The topological polar surface area (TPSA) is 43.4 Å². The number of hydrogen-bond donors (Lipinski definition) is 0. The molecular formula is C7H7F9O3S. The Morgan fingerprint density at radius 1 is 0.850 bits per heavy atom. The van der Waals surface area contributed by atoms with Gasteiger partial charge < -0.3 is 0 Å². The molecule has 0 aliphatic rings. The molecule has 0 N–H and O–H groups in total. The van der Waals surface area contributed by atoms with E-state index in [0.29, 0.717) is 6.26 Å². The van der Waals surface area contributed by atoms with Gasteiger partial charge in [-0.15, -0.1) is 0 Å². The molecule has 0 aliphatic carbocycles. The van der Waals surface area contributed by atoms with E-state index < -0.39 is 47.1 Å². The molecule has 0 saturated heterocycles. The average Bonchev–Trinajstić information content (AvgIpc) is 2.12. The third-order valence-electron chi connectivity index (χ3n) is 1.92. The van der Waals surface area contributed by atoms with Gasteiger partial charge in [-0.3, -0.25) is 4.18 Å². The Bertz CT molecular complexity index is 439. The normalized spacial score (nSPS) is 15.5. The van der Waals surface area contributed by atoms with E-state index in [-0.39, 0.29) is 0 Å². The van der Waals surface area contributed by atoms with Crippen molar-refractivity contribution in [3.63, 3.8) is 0 Å². The Balaban J connectivity index is 5.17. The summed E-state index contributed by atoms with van der Waals surface area (Å²) >= 11 is 0. The highest BCUT2D eigenvalue weighted by atomic mass is 32.2. The first-order valence-electron chi connectivity index (χ1n) is 4.50. The molecule has 0 aliphatic heterocycles. The van der Waals surface area contributed by atoms with E-state index in [4.69, 9.17) is 0 Å². The standard InChI is InChI=1S/C7H7F9O3S/c1-20(17,18)19-3-2-4(8,9)5(10,11)6(12,13)7(14,15)16/h2-3H2,1H3. The van der Waals surface area contributed by atoms with Crippen LogP contribution in [-0.2, 0) is 14.3 Å². The third-order valence-corrected chi connectivity index (χ3v) is 2.52. The summed E-state index contributed by atoms with van der Waals surface area (Å²) in [5.41, 5.74) is 0. The molecule has 20 heavy (non-hydrogen) atoms. The Hall–Kier alpha value is -0.720. The van der Waals surface area contributed by atoms with Gasteiger partial charge in [-0.2, -0.15) is 47.9 Å². The highest BCUT2D eigenvalue weighted by Gasteiger charge is 2.81. The van der Waals surface area contributed by atoms with Gasteiger partial charge in [0.2, 0.25) is 0 Å². The van der Waals surface area contributed by atoms with Crippen molar-refractivity contribution in [1.82, 2.24) is 0 Å². The number of alkyl halides is 9. The van der Waals surface area contributed by atoms with Crippen LogP contribution in [0.5, 0.6) is 0 Å². The van der Waals surface area contributed by atoms with Crippen molar-refractivity contribution in [3.05, 3.63) is 0 Å². The molecule has 0 aromatic heterocycles. The van der Waals surface area contributed by atoms with E-state index in [9.17, 15) is 47.9 Å². The highest BCUT2D eigenvalue weighted by molar-refractivity contribution is 7.85. The van der Waals surface area contributed by atoms with Crippen LogP contribution in [0.15, 0.2) is 0 Å². The molecule has 0 spiro atoms. The summed E-state index contributed by atoms with van der Waals surface area (Å²) in [6, 6.07) is 0. The fraction of sp³-hybridized carbons (Fsp3) is 1.00.